The second-order valence-corrected chi connectivity index (χ2v) is 13.1. The quantitative estimate of drug-likeness (QED) is 0.193. The van der Waals surface area contributed by atoms with Crippen LogP contribution in [-0.2, 0) is 10.8 Å². The van der Waals surface area contributed by atoms with E-state index in [0.29, 0.717) is 17.2 Å². The average molecular weight is 587 g/mol. The van der Waals surface area contributed by atoms with Crippen molar-refractivity contribution in [2.75, 3.05) is 6.98 Å². The van der Waals surface area contributed by atoms with Gasteiger partial charge in [0, 0.05) is 42.0 Å². The van der Waals surface area contributed by atoms with Crippen molar-refractivity contribution in [1.82, 2.24) is 19.1 Å². The number of para-hydroxylation sites is 2. The van der Waals surface area contributed by atoms with Gasteiger partial charge in [-0.2, -0.15) is 0 Å². The Bertz CT molecular complexity index is 2500. The fourth-order valence-electron chi connectivity index (χ4n) is 5.48. The minimum absolute atomic E-state index is 0.00226. The Balaban J connectivity index is 1.41. The van der Waals surface area contributed by atoms with Crippen LogP contribution in [0.4, 0.5) is 17.1 Å². The molecule has 0 saturated carbocycles. The van der Waals surface area contributed by atoms with Gasteiger partial charge >= 0.3 is 6.01 Å². The highest BCUT2D eigenvalue weighted by Crippen LogP contribution is 2.39. The predicted molar refractivity (Wildman–Crippen MR) is 179 cm³/mol. The molecule has 0 bridgehead atoms. The van der Waals surface area contributed by atoms with Gasteiger partial charge in [0.05, 0.1) is 28.1 Å². The largest absolute Gasteiger partial charge is 0.496 e. The summed E-state index contributed by atoms with van der Waals surface area (Å²) >= 11 is 0. The molecule has 0 unspecified atom stereocenters. The molecule has 7 rings (SSSR count). The highest BCUT2D eigenvalue weighted by molar-refractivity contribution is 6.07. The third kappa shape index (κ3) is 4.78. The molecule has 6 nitrogen and oxygen atoms in total. The van der Waals surface area contributed by atoms with E-state index in [1.807, 2.05) is 75.5 Å². The van der Waals surface area contributed by atoms with Crippen LogP contribution in [0.25, 0.3) is 27.8 Å². The molecule has 6 heteroatoms. The number of benzene rings is 3. The molecule has 1 aliphatic rings. The summed E-state index contributed by atoms with van der Waals surface area (Å²) in [7, 11) is 0. The van der Waals surface area contributed by atoms with Crippen LogP contribution >= 0.6 is 0 Å². The zero-order valence-corrected chi connectivity index (χ0v) is 25.6. The van der Waals surface area contributed by atoms with Gasteiger partial charge < -0.3 is 4.74 Å². The molecule has 3 aromatic carbocycles. The molecule has 0 spiro atoms. The van der Waals surface area contributed by atoms with Crippen molar-refractivity contribution in [3.63, 3.8) is 0 Å². The van der Waals surface area contributed by atoms with Crippen molar-refractivity contribution >= 4 is 45.0 Å². The Morgan fingerprint density at radius 2 is 1.59 bits per heavy atom. The molecule has 1 aliphatic heterocycles. The summed E-state index contributed by atoms with van der Waals surface area (Å²) in [4.78, 5) is 9.46. The van der Waals surface area contributed by atoms with Gasteiger partial charge in [-0.1, -0.05) is 58.2 Å². The van der Waals surface area contributed by atoms with Crippen molar-refractivity contribution in [3.05, 3.63) is 108 Å². The molecule has 0 amide bonds. The highest BCUT2D eigenvalue weighted by Gasteiger charge is 2.33. The number of pyridine rings is 2. The van der Waals surface area contributed by atoms with Crippen LogP contribution in [0, 0.1) is 0 Å². The molecule has 3 aromatic heterocycles. The highest BCUT2D eigenvalue weighted by atomic mass is 16.5. The van der Waals surface area contributed by atoms with Crippen LogP contribution in [-0.4, -0.2) is 32.1 Å². The lowest BCUT2D eigenvalue weighted by Gasteiger charge is -2.20. The molecular weight excluding hydrogens is 542 g/mol. The van der Waals surface area contributed by atoms with E-state index in [9.17, 15) is 0 Å². The molecule has 0 aliphatic carbocycles. The fraction of sp³-hybridized carbons (Fsp3) is 0.237. The van der Waals surface area contributed by atoms with Gasteiger partial charge in [0.2, 0.25) is 5.69 Å². The van der Waals surface area contributed by atoms with Gasteiger partial charge in [0.25, 0.3) is 11.4 Å². The minimum atomic E-state index is -2.76. The predicted octanol–water partition coefficient (Wildman–Crippen LogP) is 9.26. The molecule has 0 fully saturated rings. The smallest absolute Gasteiger partial charge is 0.457 e. The molecule has 0 atom stereocenters. The molecule has 0 N–H and O–H groups in total. The Morgan fingerprint density at radius 1 is 0.795 bits per heavy atom. The second-order valence-electron chi connectivity index (χ2n) is 13.1. The summed E-state index contributed by atoms with van der Waals surface area (Å²) in [6.45, 7) is 9.86. The summed E-state index contributed by atoms with van der Waals surface area (Å²) < 4.78 is 69.1. The van der Waals surface area contributed by atoms with E-state index in [0.717, 1.165) is 43.5 Å². The van der Waals surface area contributed by atoms with Crippen LogP contribution in [0.2, 0.25) is 0 Å². The zero-order valence-electron chi connectivity index (χ0n) is 32.6. The third-order valence-electron chi connectivity index (χ3n) is 7.88. The van der Waals surface area contributed by atoms with Crippen molar-refractivity contribution in [3.8, 4) is 17.3 Å². The van der Waals surface area contributed by atoms with E-state index < -0.39 is 25.1 Å². The van der Waals surface area contributed by atoms with Crippen molar-refractivity contribution in [2.24, 2.45) is 0 Å². The molecule has 4 heterocycles. The first-order chi connectivity index (χ1) is 23.8. The van der Waals surface area contributed by atoms with Gasteiger partial charge in [0.15, 0.2) is 6.98 Å². The van der Waals surface area contributed by atoms with Gasteiger partial charge in [-0.3, -0.25) is 9.55 Å². The van der Waals surface area contributed by atoms with E-state index in [-0.39, 0.29) is 28.2 Å². The summed E-state index contributed by atoms with van der Waals surface area (Å²) in [6.07, 6.45) is 3.59. The van der Waals surface area contributed by atoms with E-state index in [1.54, 1.807) is 12.3 Å². The normalized spacial score (nSPS) is 15.8. The van der Waals surface area contributed by atoms with Crippen molar-refractivity contribution in [1.29, 1.82) is 0 Å². The van der Waals surface area contributed by atoms with Crippen LogP contribution in [0.5, 0.6) is 11.5 Å². The lowest BCUT2D eigenvalue weighted by Crippen LogP contribution is -2.12. The maximum absolute atomic E-state index is 8.73. The molecule has 44 heavy (non-hydrogen) atoms. The number of ether oxygens (including phenoxy) is 1. The average Bonchev–Trinajstić information content (AvgIpc) is 3.63. The number of hydrogen-bond donors (Lipinski definition) is 0. The summed E-state index contributed by atoms with van der Waals surface area (Å²) in [6, 6.07) is 20.3. The van der Waals surface area contributed by atoms with Gasteiger partial charge in [-0.25, -0.2) is 4.98 Å². The fourth-order valence-corrected chi connectivity index (χ4v) is 5.48. The Hall–Kier alpha value is -5.06. The van der Waals surface area contributed by atoms with Crippen molar-refractivity contribution < 1.29 is 18.9 Å². The van der Waals surface area contributed by atoms with Crippen LogP contribution in [0.1, 0.15) is 62.3 Å². The number of aromatic nitrogens is 3. The van der Waals surface area contributed by atoms with E-state index in [1.165, 1.54) is 4.58 Å². The monoisotopic (exact) mass is 586 g/mol. The summed E-state index contributed by atoms with van der Waals surface area (Å²) in [5.41, 5.74) is 4.39. The number of fused-ring (bicyclic) bond motifs is 4. The summed E-state index contributed by atoms with van der Waals surface area (Å²) in [5, 5.41) is 0.932. The number of nitrogens with zero attached hydrogens (tertiary/aromatic N) is 5. The lowest BCUT2D eigenvalue weighted by molar-refractivity contribution is -0.394. The van der Waals surface area contributed by atoms with Gasteiger partial charge in [-0.15, -0.1) is 0 Å². The zero-order chi connectivity index (χ0) is 36.8. The first-order valence-corrected chi connectivity index (χ1v) is 14.5. The molecule has 0 saturated heterocycles. The van der Waals surface area contributed by atoms with Crippen molar-refractivity contribution in [2.45, 2.75) is 52.4 Å². The van der Waals surface area contributed by atoms with Crippen LogP contribution < -0.4 is 9.31 Å². The molecule has 6 aromatic rings. The molecular formula is C38H37N5O+2. The maximum Gasteiger partial charge on any atom is 0.496 e. The topological polar surface area (TPSA) is 46.0 Å². The molecule has 0 radical (unpaired) electrons. The first kappa shape index (κ1) is 20.8. The Kier molecular flexibility index (Phi) is 4.72. The van der Waals surface area contributed by atoms with Crippen LogP contribution in [0.3, 0.4) is 0 Å². The third-order valence-corrected chi connectivity index (χ3v) is 7.88. The number of hydrogen-bond acceptors (Lipinski definition) is 3. The van der Waals surface area contributed by atoms with Gasteiger partial charge in [-0.05, 0) is 69.0 Å². The molecule has 218 valence electrons. The Morgan fingerprint density at radius 3 is 2.36 bits per heavy atom. The standard InChI is InChI=1S/C38H37N5O/c1-37(2,3)25-16-18-39-35(21-25)43-33-13-10-17-40-36(33)30-15-14-28(23-34(30)43)44-29-20-26(38(4,5)6)19-27(22-29)42-24-41(7)31-11-8-9-12-32(31)42/h8-23H,1-7H3/q+2/i7D3,8D,9D,11D,12D. The van der Waals surface area contributed by atoms with Crippen LogP contribution in [0.15, 0.2) is 97.2 Å². The lowest BCUT2D eigenvalue weighted by atomic mass is 9.86. The van der Waals surface area contributed by atoms with Gasteiger partial charge in [0.1, 0.15) is 21.4 Å². The second kappa shape index (κ2) is 10.0. The Labute approximate surface area is 268 Å². The first-order valence-electron chi connectivity index (χ1n) is 18.0. The maximum atomic E-state index is 8.73. The van der Waals surface area contributed by atoms with E-state index >= 15 is 0 Å². The minimum Gasteiger partial charge on any atom is -0.457 e. The van der Waals surface area contributed by atoms with E-state index in [2.05, 4.69) is 37.4 Å². The number of rotatable bonds is 4. The van der Waals surface area contributed by atoms with E-state index in [4.69, 9.17) is 24.3 Å². The SMILES string of the molecule is [2H]c1c([2H])c([2H])c2c(c1[2H])[N+](c1cc(Oc3ccc4c5ncccc5n(-c5cc(C(C)(C)C)ccn5)c4c3)cc(C(C)(C)C)c1)=C=[N+]2C([2H])([2H])[2H]. The summed E-state index contributed by atoms with van der Waals surface area (Å²) in [5.74, 6) is 1.74.